The Bertz CT molecular complexity index is 725. The van der Waals surface area contributed by atoms with Gasteiger partial charge in [0.05, 0.1) is 29.1 Å². The van der Waals surface area contributed by atoms with Crippen molar-refractivity contribution in [3.05, 3.63) is 46.2 Å². The molecule has 0 bridgehead atoms. The molecule has 6 nitrogen and oxygen atoms in total. The molecule has 0 aliphatic rings. The second-order valence-corrected chi connectivity index (χ2v) is 6.48. The van der Waals surface area contributed by atoms with Crippen LogP contribution in [0.5, 0.6) is 0 Å². The summed E-state index contributed by atoms with van der Waals surface area (Å²) in [5, 5.41) is 16.1. The third-order valence-electron chi connectivity index (χ3n) is 3.82. The van der Waals surface area contributed by atoms with E-state index >= 15 is 0 Å². The highest BCUT2D eigenvalue weighted by Crippen LogP contribution is 2.17. The number of carbonyl (C=O) groups is 2. The van der Waals surface area contributed by atoms with Crippen LogP contribution in [0.3, 0.4) is 0 Å². The molecular weight excluding hydrogens is 374 g/mol. The van der Waals surface area contributed by atoms with E-state index in [9.17, 15) is 9.59 Å². The largest absolute Gasteiger partial charge is 0.481 e. The Balaban J connectivity index is 2.11. The molecule has 1 atom stereocenters. The van der Waals surface area contributed by atoms with Gasteiger partial charge in [-0.2, -0.15) is 5.10 Å². The Morgan fingerprint density at radius 1 is 1.33 bits per heavy atom. The number of carbonyl (C=O) groups excluding carboxylic acids is 1. The fourth-order valence-corrected chi connectivity index (χ4v) is 2.71. The van der Waals surface area contributed by atoms with E-state index in [1.807, 2.05) is 38.1 Å². The third-order valence-corrected chi connectivity index (χ3v) is 4.35. The Morgan fingerprint density at radius 3 is 2.58 bits per heavy atom. The molecule has 128 valence electrons. The normalized spacial score (nSPS) is 12.0. The van der Waals surface area contributed by atoms with Crippen molar-refractivity contribution >= 4 is 27.8 Å². The fraction of sp³-hybridized carbons (Fsp3) is 0.353. The van der Waals surface area contributed by atoms with Crippen LogP contribution in [0.2, 0.25) is 0 Å². The van der Waals surface area contributed by atoms with Crippen molar-refractivity contribution in [3.63, 3.8) is 0 Å². The number of carboxylic acids is 1. The molecule has 24 heavy (non-hydrogen) atoms. The average Bonchev–Trinajstić information content (AvgIpc) is 2.93. The number of aliphatic carboxylic acids is 1. The van der Waals surface area contributed by atoms with Crippen molar-refractivity contribution in [1.82, 2.24) is 15.1 Å². The number of carboxylic acid groups (broad SMARTS) is 1. The SMILES string of the molecule is CCCC(CNC(=O)c1cnn(-c2ccc(Br)cc2)c1C)C(=O)O. The summed E-state index contributed by atoms with van der Waals surface area (Å²) >= 11 is 3.38. The van der Waals surface area contributed by atoms with Crippen LogP contribution in [0.15, 0.2) is 34.9 Å². The second-order valence-electron chi connectivity index (χ2n) is 5.57. The predicted molar refractivity (Wildman–Crippen MR) is 94.4 cm³/mol. The van der Waals surface area contributed by atoms with E-state index in [4.69, 9.17) is 5.11 Å². The number of amides is 1. The lowest BCUT2D eigenvalue weighted by Gasteiger charge is -2.12. The molecule has 2 aromatic rings. The maximum absolute atomic E-state index is 12.3. The molecule has 1 amide bonds. The summed E-state index contributed by atoms with van der Waals surface area (Å²) in [6.07, 6.45) is 2.79. The smallest absolute Gasteiger partial charge is 0.308 e. The van der Waals surface area contributed by atoms with Crippen LogP contribution in [0.1, 0.15) is 35.8 Å². The Morgan fingerprint density at radius 2 is 2.00 bits per heavy atom. The number of aromatic nitrogens is 2. The minimum absolute atomic E-state index is 0.116. The van der Waals surface area contributed by atoms with Crippen molar-refractivity contribution in [2.24, 2.45) is 5.92 Å². The lowest BCUT2D eigenvalue weighted by molar-refractivity contribution is -0.141. The minimum atomic E-state index is -0.889. The van der Waals surface area contributed by atoms with Gasteiger partial charge in [-0.3, -0.25) is 9.59 Å². The highest BCUT2D eigenvalue weighted by Gasteiger charge is 2.20. The van der Waals surface area contributed by atoms with Gasteiger partial charge in [0.15, 0.2) is 0 Å². The molecule has 0 saturated carbocycles. The number of halogens is 1. The summed E-state index contributed by atoms with van der Waals surface area (Å²) in [6.45, 7) is 3.85. The molecule has 1 heterocycles. The molecule has 1 unspecified atom stereocenters. The standard InChI is InChI=1S/C17H20BrN3O3/c1-3-4-12(17(23)24)9-19-16(22)15-10-20-21(11(15)2)14-7-5-13(18)6-8-14/h5-8,10,12H,3-4,9H2,1-2H3,(H,19,22)(H,23,24). The molecule has 0 aliphatic heterocycles. The van der Waals surface area contributed by atoms with E-state index < -0.39 is 11.9 Å². The number of hydrogen-bond acceptors (Lipinski definition) is 3. The van der Waals surface area contributed by atoms with Crippen LogP contribution in [0, 0.1) is 12.8 Å². The molecule has 2 N–H and O–H groups in total. The van der Waals surface area contributed by atoms with Crippen LogP contribution < -0.4 is 5.32 Å². The lowest BCUT2D eigenvalue weighted by atomic mass is 10.0. The van der Waals surface area contributed by atoms with E-state index in [1.54, 1.807) is 4.68 Å². The number of nitrogens with zero attached hydrogens (tertiary/aromatic N) is 2. The van der Waals surface area contributed by atoms with Crippen molar-refractivity contribution in [2.45, 2.75) is 26.7 Å². The number of hydrogen-bond donors (Lipinski definition) is 2. The number of nitrogens with one attached hydrogen (secondary N) is 1. The molecule has 0 radical (unpaired) electrons. The van der Waals surface area contributed by atoms with Gasteiger partial charge in [0.2, 0.25) is 0 Å². The summed E-state index contributed by atoms with van der Waals surface area (Å²) in [4.78, 5) is 23.5. The summed E-state index contributed by atoms with van der Waals surface area (Å²) in [5.74, 6) is -1.77. The summed E-state index contributed by atoms with van der Waals surface area (Å²) in [6, 6.07) is 7.59. The Hall–Kier alpha value is -2.15. The highest BCUT2D eigenvalue weighted by atomic mass is 79.9. The van der Waals surface area contributed by atoms with Crippen LogP contribution in [-0.4, -0.2) is 33.3 Å². The molecular formula is C17H20BrN3O3. The third kappa shape index (κ3) is 4.23. The van der Waals surface area contributed by atoms with Gasteiger partial charge >= 0.3 is 5.97 Å². The van der Waals surface area contributed by atoms with Gasteiger partial charge in [0.1, 0.15) is 0 Å². The van der Waals surface area contributed by atoms with E-state index in [2.05, 4.69) is 26.3 Å². The molecule has 0 saturated heterocycles. The molecule has 1 aromatic heterocycles. The van der Waals surface area contributed by atoms with Gasteiger partial charge in [-0.05, 0) is 37.6 Å². The van der Waals surface area contributed by atoms with Gasteiger partial charge in [-0.1, -0.05) is 29.3 Å². The zero-order valence-electron chi connectivity index (χ0n) is 13.6. The quantitative estimate of drug-likeness (QED) is 0.756. The van der Waals surface area contributed by atoms with Crippen molar-refractivity contribution in [1.29, 1.82) is 0 Å². The monoisotopic (exact) mass is 393 g/mol. The first-order valence-electron chi connectivity index (χ1n) is 7.75. The zero-order chi connectivity index (χ0) is 17.7. The summed E-state index contributed by atoms with van der Waals surface area (Å²) < 4.78 is 2.65. The zero-order valence-corrected chi connectivity index (χ0v) is 15.2. The van der Waals surface area contributed by atoms with Crippen molar-refractivity contribution < 1.29 is 14.7 Å². The first-order valence-corrected chi connectivity index (χ1v) is 8.55. The maximum Gasteiger partial charge on any atom is 0.308 e. The first-order chi connectivity index (χ1) is 11.4. The first kappa shape index (κ1) is 18.2. The maximum atomic E-state index is 12.3. The highest BCUT2D eigenvalue weighted by molar-refractivity contribution is 9.10. The Kier molecular flexibility index (Phi) is 6.14. The van der Waals surface area contributed by atoms with Gasteiger partial charge in [-0.25, -0.2) is 4.68 Å². The summed E-state index contributed by atoms with van der Waals surface area (Å²) in [7, 11) is 0. The summed E-state index contributed by atoms with van der Waals surface area (Å²) in [5.41, 5.74) is 2.00. The average molecular weight is 394 g/mol. The van der Waals surface area contributed by atoms with Gasteiger partial charge < -0.3 is 10.4 Å². The van der Waals surface area contributed by atoms with Crippen LogP contribution >= 0.6 is 15.9 Å². The van der Waals surface area contributed by atoms with Crippen LogP contribution in [0.25, 0.3) is 5.69 Å². The number of benzene rings is 1. The molecule has 1 aromatic carbocycles. The molecule has 2 rings (SSSR count). The van der Waals surface area contributed by atoms with E-state index in [0.29, 0.717) is 17.7 Å². The van der Waals surface area contributed by atoms with Gasteiger partial charge in [-0.15, -0.1) is 0 Å². The van der Waals surface area contributed by atoms with E-state index in [-0.39, 0.29) is 12.5 Å². The van der Waals surface area contributed by atoms with Crippen molar-refractivity contribution in [3.8, 4) is 5.69 Å². The van der Waals surface area contributed by atoms with Gasteiger partial charge in [0, 0.05) is 11.0 Å². The molecule has 0 spiro atoms. The second kappa shape index (κ2) is 8.10. The van der Waals surface area contributed by atoms with Crippen LogP contribution in [-0.2, 0) is 4.79 Å². The predicted octanol–water partition coefficient (Wildman–Crippen LogP) is 3.17. The Labute approximate surface area is 149 Å². The van der Waals surface area contributed by atoms with Crippen LogP contribution in [0.4, 0.5) is 0 Å². The topological polar surface area (TPSA) is 84.2 Å². The van der Waals surface area contributed by atoms with E-state index in [0.717, 1.165) is 16.6 Å². The lowest BCUT2D eigenvalue weighted by Crippen LogP contribution is -2.33. The fourth-order valence-electron chi connectivity index (χ4n) is 2.45. The minimum Gasteiger partial charge on any atom is -0.481 e. The molecule has 0 aliphatic carbocycles. The van der Waals surface area contributed by atoms with E-state index in [1.165, 1.54) is 6.20 Å². The molecule has 0 fully saturated rings. The van der Waals surface area contributed by atoms with Crippen molar-refractivity contribution in [2.75, 3.05) is 6.54 Å². The molecule has 7 heteroatoms. The number of rotatable bonds is 7. The van der Waals surface area contributed by atoms with Gasteiger partial charge in [0.25, 0.3) is 5.91 Å².